The first-order valence-corrected chi connectivity index (χ1v) is 21.8. The number of anilines is 3. The Morgan fingerprint density at radius 3 is 1.32 bits per heavy atom. The Kier molecular flexibility index (Phi) is 8.90. The maximum absolute atomic E-state index is 2.45. The molecule has 0 spiro atoms. The van der Waals surface area contributed by atoms with Crippen molar-refractivity contribution in [2.45, 2.75) is 0 Å². The summed E-state index contributed by atoms with van der Waals surface area (Å²) < 4.78 is 0. The van der Waals surface area contributed by atoms with E-state index in [2.05, 4.69) is 254 Å². The van der Waals surface area contributed by atoms with Crippen molar-refractivity contribution in [3.05, 3.63) is 249 Å². The van der Waals surface area contributed by atoms with Gasteiger partial charge in [0.15, 0.2) is 0 Å². The lowest BCUT2D eigenvalue weighted by atomic mass is 9.81. The fourth-order valence-corrected chi connectivity index (χ4v) is 9.98. The molecule has 0 aromatic heterocycles. The van der Waals surface area contributed by atoms with E-state index in [9.17, 15) is 0 Å². The molecule has 0 saturated heterocycles. The molecule has 1 nitrogen and oxygen atoms in total. The molecule has 0 aliphatic rings. The van der Waals surface area contributed by atoms with Crippen molar-refractivity contribution < 1.29 is 0 Å². The summed E-state index contributed by atoms with van der Waals surface area (Å²) in [5, 5.41) is 12.6. The first kappa shape index (κ1) is 36.6. The number of benzene rings is 12. The third-order valence-corrected chi connectivity index (χ3v) is 12.8. The van der Waals surface area contributed by atoms with Crippen LogP contribution in [-0.2, 0) is 0 Å². The molecule has 0 aliphatic heterocycles. The monoisotopic (exact) mass is 799 g/mol. The highest BCUT2D eigenvalue weighted by Crippen LogP contribution is 2.50. The van der Waals surface area contributed by atoms with Gasteiger partial charge in [-0.05, 0) is 153 Å². The normalized spacial score (nSPS) is 11.5. The summed E-state index contributed by atoms with van der Waals surface area (Å²) in [6.45, 7) is 0. The van der Waals surface area contributed by atoms with Crippen LogP contribution in [0.5, 0.6) is 0 Å². The average Bonchev–Trinajstić information content (AvgIpc) is 3.37. The van der Waals surface area contributed by atoms with Gasteiger partial charge in [0.2, 0.25) is 0 Å². The Bertz CT molecular complexity index is 3590. The van der Waals surface area contributed by atoms with Gasteiger partial charge in [-0.3, -0.25) is 0 Å². The molecule has 0 atom stereocenters. The lowest BCUT2D eigenvalue weighted by molar-refractivity contribution is 1.28. The zero-order valence-corrected chi connectivity index (χ0v) is 34.6. The van der Waals surface area contributed by atoms with E-state index in [1.165, 1.54) is 98.4 Å². The van der Waals surface area contributed by atoms with E-state index in [-0.39, 0.29) is 0 Å². The highest BCUT2D eigenvalue weighted by atomic mass is 15.1. The van der Waals surface area contributed by atoms with Gasteiger partial charge in [0, 0.05) is 17.1 Å². The summed E-state index contributed by atoms with van der Waals surface area (Å²) >= 11 is 0. The first-order valence-electron chi connectivity index (χ1n) is 21.8. The highest BCUT2D eigenvalue weighted by Gasteiger charge is 2.23. The molecule has 0 bridgehead atoms. The first-order chi connectivity index (χ1) is 31.3. The Labute approximate surface area is 367 Å². The molecule has 63 heavy (non-hydrogen) atoms. The smallest absolute Gasteiger partial charge is 0.0462 e. The summed E-state index contributed by atoms with van der Waals surface area (Å²) in [5.74, 6) is 0. The molecule has 0 heterocycles. The zero-order chi connectivity index (χ0) is 41.7. The van der Waals surface area contributed by atoms with Crippen LogP contribution in [-0.4, -0.2) is 0 Å². The van der Waals surface area contributed by atoms with Gasteiger partial charge in [-0.15, -0.1) is 0 Å². The predicted octanol–water partition coefficient (Wildman–Crippen LogP) is 17.6. The van der Waals surface area contributed by atoms with Crippen LogP contribution in [0.4, 0.5) is 17.1 Å². The van der Waals surface area contributed by atoms with Crippen LogP contribution in [0.1, 0.15) is 0 Å². The van der Waals surface area contributed by atoms with E-state index >= 15 is 0 Å². The third-order valence-electron chi connectivity index (χ3n) is 12.8. The lowest BCUT2D eigenvalue weighted by Gasteiger charge is -2.26. The van der Waals surface area contributed by atoms with Crippen molar-refractivity contribution in [2.24, 2.45) is 0 Å². The second kappa shape index (κ2) is 15.3. The zero-order valence-electron chi connectivity index (χ0n) is 34.6. The van der Waals surface area contributed by atoms with E-state index in [0.717, 1.165) is 17.1 Å². The molecular weight excluding hydrogens is 759 g/mol. The largest absolute Gasteiger partial charge is 0.311 e. The van der Waals surface area contributed by atoms with E-state index < -0.39 is 0 Å². The van der Waals surface area contributed by atoms with Crippen molar-refractivity contribution >= 4 is 70.9 Å². The number of hydrogen-bond donors (Lipinski definition) is 0. The van der Waals surface area contributed by atoms with E-state index in [1.807, 2.05) is 0 Å². The fraction of sp³-hybridized carbons (Fsp3) is 0. The van der Waals surface area contributed by atoms with Gasteiger partial charge >= 0.3 is 0 Å². The second-order valence-corrected chi connectivity index (χ2v) is 16.4. The van der Waals surface area contributed by atoms with Crippen LogP contribution in [0.15, 0.2) is 249 Å². The van der Waals surface area contributed by atoms with Crippen molar-refractivity contribution in [2.75, 3.05) is 4.90 Å². The van der Waals surface area contributed by atoms with Gasteiger partial charge in [-0.2, -0.15) is 0 Å². The number of hydrogen-bond acceptors (Lipinski definition) is 1. The van der Waals surface area contributed by atoms with Crippen LogP contribution in [0.2, 0.25) is 0 Å². The quantitative estimate of drug-likeness (QED) is 0.145. The minimum Gasteiger partial charge on any atom is -0.311 e. The van der Waals surface area contributed by atoms with Crippen LogP contribution in [0, 0.1) is 0 Å². The molecule has 0 aliphatic carbocycles. The SMILES string of the molecule is c1ccc(-c2cc(-c3ccccc3)c3c4ccccc4c4cc(-c5cc6ccccc6c6ccccc56)ccc4c3c2-c2ccc(N(c3ccccc3)c3ccccc3)cc2)cc1. The fourth-order valence-electron chi connectivity index (χ4n) is 9.98. The van der Waals surface area contributed by atoms with Gasteiger partial charge in [0.25, 0.3) is 0 Å². The van der Waals surface area contributed by atoms with Gasteiger partial charge in [0.1, 0.15) is 0 Å². The summed E-state index contributed by atoms with van der Waals surface area (Å²) in [4.78, 5) is 2.33. The van der Waals surface area contributed by atoms with Gasteiger partial charge in [0.05, 0.1) is 0 Å². The Morgan fingerprint density at radius 1 is 0.222 bits per heavy atom. The summed E-state index contributed by atoms with van der Waals surface area (Å²) in [5.41, 5.74) is 13.0. The van der Waals surface area contributed by atoms with Gasteiger partial charge in [-0.1, -0.05) is 194 Å². The Morgan fingerprint density at radius 2 is 0.683 bits per heavy atom. The van der Waals surface area contributed by atoms with E-state index in [1.54, 1.807) is 0 Å². The molecular formula is C62H41N. The van der Waals surface area contributed by atoms with E-state index in [4.69, 9.17) is 0 Å². The maximum Gasteiger partial charge on any atom is 0.0462 e. The molecule has 12 aromatic rings. The molecule has 0 N–H and O–H groups in total. The number of fused-ring (bicyclic) bond motifs is 9. The Hall–Kier alpha value is -8.26. The van der Waals surface area contributed by atoms with Gasteiger partial charge in [-0.25, -0.2) is 0 Å². The summed E-state index contributed by atoms with van der Waals surface area (Å²) in [7, 11) is 0. The highest BCUT2D eigenvalue weighted by molar-refractivity contribution is 6.33. The van der Waals surface area contributed by atoms with Crippen LogP contribution >= 0.6 is 0 Å². The molecule has 1 heteroatoms. The molecule has 0 unspecified atom stereocenters. The topological polar surface area (TPSA) is 3.24 Å². The summed E-state index contributed by atoms with van der Waals surface area (Å²) in [6, 6.07) is 91.1. The number of rotatable bonds is 7. The molecule has 294 valence electrons. The second-order valence-electron chi connectivity index (χ2n) is 16.4. The maximum atomic E-state index is 2.45. The van der Waals surface area contributed by atoms with Crippen molar-refractivity contribution in [1.82, 2.24) is 0 Å². The van der Waals surface area contributed by atoms with Crippen molar-refractivity contribution in [3.63, 3.8) is 0 Å². The van der Waals surface area contributed by atoms with Crippen LogP contribution in [0.3, 0.4) is 0 Å². The minimum absolute atomic E-state index is 1.10. The standard InChI is InChI=1S/C62H41N/c1-5-19-42(20-6-1)57-41-58(43-21-7-2-8-22-43)61-54-32-18-17-31-53(54)59-40-46(56-39-45-23-13-14-28-50(45)51-29-15-16-30-52(51)56)35-38-55(59)62(61)60(57)44-33-36-49(37-34-44)63(47-24-9-3-10-25-47)48-26-11-4-12-27-48/h1-41H. The van der Waals surface area contributed by atoms with E-state index in [0.29, 0.717) is 0 Å². The third kappa shape index (κ3) is 6.25. The predicted molar refractivity (Wildman–Crippen MR) is 270 cm³/mol. The van der Waals surface area contributed by atoms with Crippen LogP contribution < -0.4 is 4.90 Å². The lowest BCUT2D eigenvalue weighted by Crippen LogP contribution is -2.09. The van der Waals surface area contributed by atoms with Crippen molar-refractivity contribution in [1.29, 1.82) is 0 Å². The molecule has 0 saturated carbocycles. The van der Waals surface area contributed by atoms with Crippen molar-refractivity contribution in [3.8, 4) is 44.5 Å². The van der Waals surface area contributed by atoms with Gasteiger partial charge < -0.3 is 4.90 Å². The molecule has 12 aromatic carbocycles. The molecule has 0 amide bonds. The number of para-hydroxylation sites is 2. The summed E-state index contributed by atoms with van der Waals surface area (Å²) in [6.07, 6.45) is 0. The minimum atomic E-state index is 1.10. The average molecular weight is 800 g/mol. The Balaban J connectivity index is 1.18. The molecule has 12 rings (SSSR count). The molecule has 0 radical (unpaired) electrons. The number of nitrogens with zero attached hydrogens (tertiary/aromatic N) is 1. The van der Waals surface area contributed by atoms with Crippen LogP contribution in [0.25, 0.3) is 98.4 Å². The molecule has 0 fully saturated rings.